The van der Waals surface area contributed by atoms with E-state index in [1.807, 2.05) is 0 Å². The zero-order chi connectivity index (χ0) is 29.5. The number of ether oxygens (including phenoxy) is 4. The van der Waals surface area contributed by atoms with Crippen LogP contribution >= 0.6 is 0 Å². The van der Waals surface area contributed by atoms with Crippen LogP contribution in [-0.2, 0) is 47.7 Å². The molecule has 0 saturated carbocycles. The molecule has 0 bridgehead atoms. The molecule has 0 aromatic carbocycles. The van der Waals surface area contributed by atoms with Gasteiger partial charge in [0.05, 0.1) is 12.8 Å². The maximum Gasteiger partial charge on any atom is 0.408 e. The normalized spacial score (nSPS) is 10.8. The summed E-state index contributed by atoms with van der Waals surface area (Å²) in [6.07, 6.45) is -2.90. The summed E-state index contributed by atoms with van der Waals surface area (Å²) >= 11 is 0. The molecule has 214 valence electrons. The summed E-state index contributed by atoms with van der Waals surface area (Å²) < 4.78 is 18.7. The molecule has 38 heavy (non-hydrogen) atoms. The smallest absolute Gasteiger partial charge is 0.408 e. The van der Waals surface area contributed by atoms with E-state index in [4.69, 9.17) is 9.47 Å². The van der Waals surface area contributed by atoms with Gasteiger partial charge in [0.2, 0.25) is 11.8 Å². The SMILES string of the molecule is CC(C)(C)OC(=O)NCC(=O)NCC(=O)OC(=O)CCC(=O)OC(=O)CNC(=O)CNC(=O)OC(C)(C)C. The van der Waals surface area contributed by atoms with Gasteiger partial charge in [0.25, 0.3) is 0 Å². The number of esters is 4. The van der Waals surface area contributed by atoms with Crippen molar-refractivity contribution < 1.29 is 57.3 Å². The standard InChI is InChI=1S/C22H34N4O12/c1-21(2,3)37-19(33)25-9-13(27)23-11-17(31)35-15(29)7-8-16(30)36-18(32)12-24-14(28)10-26-20(34)38-22(4,5)6/h7-12H2,1-6H3,(H,23,27)(H,24,28)(H,25,33)(H,26,34). The fourth-order valence-electron chi connectivity index (χ4n) is 2.03. The van der Waals surface area contributed by atoms with Crippen molar-refractivity contribution in [1.29, 1.82) is 0 Å². The minimum Gasteiger partial charge on any atom is -0.444 e. The molecule has 0 aliphatic heterocycles. The third kappa shape index (κ3) is 20.0. The lowest BCUT2D eigenvalue weighted by atomic mass is 10.2. The Hall–Kier alpha value is -4.24. The predicted octanol–water partition coefficient (Wildman–Crippen LogP) is -0.812. The molecule has 0 aliphatic carbocycles. The number of rotatable bonds is 11. The van der Waals surface area contributed by atoms with E-state index in [0.29, 0.717) is 0 Å². The lowest BCUT2D eigenvalue weighted by Crippen LogP contribution is -2.41. The second kappa shape index (κ2) is 15.8. The Morgan fingerprint density at radius 1 is 0.474 bits per heavy atom. The van der Waals surface area contributed by atoms with Crippen LogP contribution in [0.25, 0.3) is 0 Å². The molecule has 16 nitrogen and oxygen atoms in total. The lowest BCUT2D eigenvalue weighted by molar-refractivity contribution is -0.164. The van der Waals surface area contributed by atoms with E-state index >= 15 is 0 Å². The van der Waals surface area contributed by atoms with Gasteiger partial charge in [-0.1, -0.05) is 0 Å². The van der Waals surface area contributed by atoms with Crippen LogP contribution in [0.2, 0.25) is 0 Å². The van der Waals surface area contributed by atoms with Crippen LogP contribution in [-0.4, -0.2) is 85.3 Å². The number of carbonyl (C=O) groups is 8. The highest BCUT2D eigenvalue weighted by molar-refractivity contribution is 5.93. The molecule has 0 aliphatic rings. The average molecular weight is 547 g/mol. The number of amides is 4. The molecule has 4 amide bonds. The molecule has 0 spiro atoms. The van der Waals surface area contributed by atoms with Gasteiger partial charge in [0.1, 0.15) is 37.4 Å². The molecule has 0 unspecified atom stereocenters. The van der Waals surface area contributed by atoms with Crippen LogP contribution in [0.1, 0.15) is 54.4 Å². The monoisotopic (exact) mass is 546 g/mol. The van der Waals surface area contributed by atoms with Gasteiger partial charge < -0.3 is 40.2 Å². The van der Waals surface area contributed by atoms with Crippen molar-refractivity contribution in [2.45, 2.75) is 65.6 Å². The molecule has 0 fully saturated rings. The van der Waals surface area contributed by atoms with E-state index in [2.05, 4.69) is 30.7 Å². The van der Waals surface area contributed by atoms with E-state index in [-0.39, 0.29) is 0 Å². The summed E-state index contributed by atoms with van der Waals surface area (Å²) in [7, 11) is 0. The van der Waals surface area contributed by atoms with Crippen molar-refractivity contribution in [3.63, 3.8) is 0 Å². The van der Waals surface area contributed by atoms with Crippen molar-refractivity contribution in [3.8, 4) is 0 Å². The largest absolute Gasteiger partial charge is 0.444 e. The lowest BCUT2D eigenvalue weighted by Gasteiger charge is -2.19. The molecule has 0 aromatic rings. The molecule has 0 saturated heterocycles. The second-order valence-corrected chi connectivity index (χ2v) is 9.46. The zero-order valence-corrected chi connectivity index (χ0v) is 22.1. The van der Waals surface area contributed by atoms with Gasteiger partial charge in [-0.2, -0.15) is 0 Å². The quantitative estimate of drug-likeness (QED) is 0.142. The Bertz CT molecular complexity index is 844. The Labute approximate surface area is 218 Å². The van der Waals surface area contributed by atoms with Crippen LogP contribution in [0, 0.1) is 0 Å². The van der Waals surface area contributed by atoms with Gasteiger partial charge in [0.15, 0.2) is 0 Å². The van der Waals surface area contributed by atoms with Gasteiger partial charge in [-0.05, 0) is 41.5 Å². The summed E-state index contributed by atoms with van der Waals surface area (Å²) in [5, 5.41) is 8.55. The van der Waals surface area contributed by atoms with Crippen molar-refractivity contribution >= 4 is 47.9 Å². The summed E-state index contributed by atoms with van der Waals surface area (Å²) in [6, 6.07) is 0. The van der Waals surface area contributed by atoms with Gasteiger partial charge in [-0.15, -0.1) is 0 Å². The number of hydrogen-bond donors (Lipinski definition) is 4. The van der Waals surface area contributed by atoms with Crippen molar-refractivity contribution in [2.24, 2.45) is 0 Å². The van der Waals surface area contributed by atoms with Crippen LogP contribution in [0.15, 0.2) is 0 Å². The van der Waals surface area contributed by atoms with Crippen LogP contribution in [0.4, 0.5) is 9.59 Å². The van der Waals surface area contributed by atoms with E-state index in [1.54, 1.807) is 41.5 Å². The van der Waals surface area contributed by atoms with Gasteiger partial charge in [-0.25, -0.2) is 19.2 Å². The van der Waals surface area contributed by atoms with Crippen LogP contribution < -0.4 is 21.3 Å². The third-order valence-corrected chi connectivity index (χ3v) is 3.43. The topological polar surface area (TPSA) is 222 Å². The second-order valence-electron chi connectivity index (χ2n) is 9.46. The van der Waals surface area contributed by atoms with Crippen LogP contribution in [0.3, 0.4) is 0 Å². The van der Waals surface area contributed by atoms with Gasteiger partial charge in [0, 0.05) is 0 Å². The van der Waals surface area contributed by atoms with E-state index in [9.17, 15) is 38.4 Å². The highest BCUT2D eigenvalue weighted by atomic mass is 16.6. The molecular weight excluding hydrogens is 512 g/mol. The first-order valence-corrected chi connectivity index (χ1v) is 11.3. The first-order valence-electron chi connectivity index (χ1n) is 11.3. The summed E-state index contributed by atoms with van der Waals surface area (Å²) in [5.74, 6) is -6.02. The maximum absolute atomic E-state index is 11.6. The van der Waals surface area contributed by atoms with Crippen molar-refractivity contribution in [3.05, 3.63) is 0 Å². The minimum atomic E-state index is -1.13. The van der Waals surface area contributed by atoms with Crippen molar-refractivity contribution in [2.75, 3.05) is 26.2 Å². The number of alkyl carbamates (subject to hydrolysis) is 2. The Morgan fingerprint density at radius 2 is 0.789 bits per heavy atom. The summed E-state index contributed by atoms with van der Waals surface area (Å²) in [5.41, 5.74) is -1.52. The summed E-state index contributed by atoms with van der Waals surface area (Å²) in [4.78, 5) is 92.6. The predicted molar refractivity (Wildman–Crippen MR) is 126 cm³/mol. The first-order chi connectivity index (χ1) is 17.4. The maximum atomic E-state index is 11.6. The zero-order valence-electron chi connectivity index (χ0n) is 22.1. The molecule has 0 atom stereocenters. The minimum absolute atomic E-state index is 0.489. The fourth-order valence-corrected chi connectivity index (χ4v) is 2.03. The molecular formula is C22H34N4O12. The Morgan fingerprint density at radius 3 is 1.08 bits per heavy atom. The number of hydrogen-bond acceptors (Lipinski definition) is 12. The Balaban J connectivity index is 4.09. The van der Waals surface area contributed by atoms with E-state index < -0.39 is 98.1 Å². The van der Waals surface area contributed by atoms with Crippen LogP contribution in [0.5, 0.6) is 0 Å². The molecule has 0 rings (SSSR count). The van der Waals surface area contributed by atoms with Gasteiger partial charge >= 0.3 is 36.1 Å². The Kier molecular flexibility index (Phi) is 14.0. The third-order valence-electron chi connectivity index (χ3n) is 3.43. The number of nitrogens with one attached hydrogen (secondary N) is 4. The first kappa shape index (κ1) is 33.8. The summed E-state index contributed by atoms with van der Waals surface area (Å²) in [6.45, 7) is 7.44. The number of carbonyl (C=O) groups excluding carboxylic acids is 8. The average Bonchev–Trinajstić information content (AvgIpc) is 2.75. The van der Waals surface area contributed by atoms with E-state index in [1.165, 1.54) is 0 Å². The van der Waals surface area contributed by atoms with Gasteiger partial charge in [-0.3, -0.25) is 19.2 Å². The molecule has 16 heteroatoms. The van der Waals surface area contributed by atoms with E-state index in [0.717, 1.165) is 0 Å². The molecule has 0 heterocycles. The molecule has 4 N–H and O–H groups in total. The molecule has 0 radical (unpaired) electrons. The fraction of sp³-hybridized carbons (Fsp3) is 0.636. The van der Waals surface area contributed by atoms with Crippen molar-refractivity contribution in [1.82, 2.24) is 21.3 Å². The highest BCUT2D eigenvalue weighted by Gasteiger charge is 2.19. The molecule has 0 aromatic heterocycles. The highest BCUT2D eigenvalue weighted by Crippen LogP contribution is 2.06.